The molecular weight excluding hydrogens is 825 g/mol. The van der Waals surface area contributed by atoms with E-state index < -0.39 is 0 Å². The van der Waals surface area contributed by atoms with Crippen LogP contribution in [0.25, 0.3) is 0 Å². The van der Waals surface area contributed by atoms with Crippen LogP contribution in [0.2, 0.25) is 0 Å². The molecule has 2 aliphatic carbocycles. The van der Waals surface area contributed by atoms with Crippen LogP contribution in [0.5, 0.6) is 23.0 Å². The smallest absolute Gasteiger partial charge is 0.161 e. The zero-order valence-electron chi connectivity index (χ0n) is 38.9. The van der Waals surface area contributed by atoms with Crippen molar-refractivity contribution in [1.29, 1.82) is 0 Å². The van der Waals surface area contributed by atoms with E-state index in [1.165, 1.54) is 39.2 Å². The average molecular weight is 889 g/mol. The Bertz CT molecular complexity index is 2680. The molecule has 4 saturated heterocycles. The van der Waals surface area contributed by atoms with Gasteiger partial charge in [-0.05, 0) is 76.9 Å². The summed E-state index contributed by atoms with van der Waals surface area (Å²) < 4.78 is 32.8. The molecule has 66 heavy (non-hydrogen) atoms. The van der Waals surface area contributed by atoms with Crippen LogP contribution in [-0.4, -0.2) is 112 Å². The van der Waals surface area contributed by atoms with Crippen molar-refractivity contribution in [2.75, 3.05) is 77.6 Å². The quantitative estimate of drug-likeness (QED) is 0.127. The first-order valence-electron chi connectivity index (χ1n) is 24.5. The Morgan fingerprint density at radius 2 is 1.50 bits per heavy atom. The van der Waals surface area contributed by atoms with Gasteiger partial charge in [0, 0.05) is 78.1 Å². The zero-order chi connectivity index (χ0) is 44.5. The molecule has 7 aliphatic heterocycles. The van der Waals surface area contributed by atoms with Gasteiger partial charge < -0.3 is 47.6 Å². The van der Waals surface area contributed by atoms with E-state index in [4.69, 9.17) is 23.7 Å². The summed E-state index contributed by atoms with van der Waals surface area (Å²) >= 11 is 0. The number of para-hydroxylation sites is 2. The number of methoxy groups -OCH3 is 4. The number of quaternary nitrogens is 2. The van der Waals surface area contributed by atoms with E-state index in [9.17, 15) is 5.11 Å². The van der Waals surface area contributed by atoms with Crippen molar-refractivity contribution in [2.24, 2.45) is 23.7 Å². The molecule has 342 valence electrons. The first-order chi connectivity index (χ1) is 32.4. The number of nitrogens with zero attached hydrogens (tertiary/aromatic N) is 4. The lowest BCUT2D eigenvalue weighted by Gasteiger charge is -2.62. The average Bonchev–Trinajstić information content (AvgIpc) is 3.94. The van der Waals surface area contributed by atoms with E-state index in [1.807, 2.05) is 0 Å². The summed E-state index contributed by atoms with van der Waals surface area (Å²) in [6.45, 7) is 6.76. The lowest BCUT2D eigenvalue weighted by Crippen LogP contribution is -2.73. The number of benzene rings is 4. The Balaban J connectivity index is 0.995. The lowest BCUT2D eigenvalue weighted by molar-refractivity contribution is -0.955. The van der Waals surface area contributed by atoms with Crippen LogP contribution in [0, 0.1) is 23.7 Å². The Kier molecular flexibility index (Phi) is 9.39. The van der Waals surface area contributed by atoms with E-state index in [2.05, 4.69) is 119 Å². The number of ether oxygens (including phenoxy) is 5. The fourth-order valence-electron chi connectivity index (χ4n) is 16.6. The summed E-state index contributed by atoms with van der Waals surface area (Å²) in [6.07, 6.45) is 11.8. The van der Waals surface area contributed by atoms with Gasteiger partial charge in [0.2, 0.25) is 0 Å². The molecule has 4 bridgehead atoms. The van der Waals surface area contributed by atoms with Crippen LogP contribution < -0.4 is 28.7 Å². The standard InChI is InChI=1S/C56H64N4O6/c1-62-47-16-14-35(26-49(47)64-3)31-59-22-18-40-46(59)28-41(37(33-59)19-24-61)43-30-57-45-13-9-8-12-44(45)56-21-23-60(32-36-15-17-48(63-2)50(27-36)65-4)34-38-20-25-66-55(52(54(56)57)42(38)29-51(56)60)58(53(40)43)39-10-6-5-7-11-39/h5-17,19-20,26-27,30,40-42,46,51-55,61H,18,21-25,28-29,31-34H2,1-4H3/q+2. The van der Waals surface area contributed by atoms with Gasteiger partial charge in [-0.25, -0.2) is 0 Å². The van der Waals surface area contributed by atoms with Gasteiger partial charge in [0.1, 0.15) is 38.4 Å². The van der Waals surface area contributed by atoms with Crippen molar-refractivity contribution in [3.63, 3.8) is 0 Å². The highest BCUT2D eigenvalue weighted by molar-refractivity contribution is 5.70. The molecule has 4 aromatic carbocycles. The molecule has 7 heterocycles. The maximum atomic E-state index is 10.9. The fourth-order valence-corrected chi connectivity index (χ4v) is 16.6. The predicted molar refractivity (Wildman–Crippen MR) is 255 cm³/mol. The molecule has 2 saturated carbocycles. The summed E-state index contributed by atoms with van der Waals surface area (Å²) in [5.41, 5.74) is 11.2. The number of hydrogen-bond donors (Lipinski definition) is 1. The third kappa shape index (κ3) is 5.56. The molecule has 1 N–H and O–H groups in total. The fraction of sp³-hybridized carbons (Fsp3) is 0.464. The minimum Gasteiger partial charge on any atom is -0.493 e. The number of aliphatic hydroxyl groups is 1. The largest absolute Gasteiger partial charge is 0.493 e. The molecule has 12 atom stereocenters. The lowest BCUT2D eigenvalue weighted by atomic mass is 9.54. The number of aliphatic hydroxyl groups excluding tert-OH is 1. The maximum absolute atomic E-state index is 10.9. The van der Waals surface area contributed by atoms with Crippen LogP contribution in [0.4, 0.5) is 11.4 Å². The topological polar surface area (TPSA) is 72.9 Å². The maximum Gasteiger partial charge on any atom is 0.161 e. The summed E-state index contributed by atoms with van der Waals surface area (Å²) in [7, 11) is 6.92. The van der Waals surface area contributed by atoms with E-state index in [1.54, 1.807) is 34.0 Å². The second kappa shape index (κ2) is 15.1. The molecule has 0 amide bonds. The van der Waals surface area contributed by atoms with Gasteiger partial charge in [0.05, 0.1) is 78.3 Å². The van der Waals surface area contributed by atoms with Gasteiger partial charge in [-0.15, -0.1) is 0 Å². The van der Waals surface area contributed by atoms with Crippen LogP contribution in [0.3, 0.4) is 0 Å². The minimum atomic E-state index is -0.122. The third-order valence-electron chi connectivity index (χ3n) is 18.8. The van der Waals surface area contributed by atoms with Gasteiger partial charge in [0.25, 0.3) is 0 Å². The molecule has 6 fully saturated rings. The number of fused-ring (bicyclic) bond motifs is 6. The molecule has 0 radical (unpaired) electrons. The van der Waals surface area contributed by atoms with Gasteiger partial charge in [-0.2, -0.15) is 0 Å². The first-order valence-corrected chi connectivity index (χ1v) is 24.5. The molecular formula is C56H64N4O6+2. The number of piperidine rings is 2. The zero-order valence-corrected chi connectivity index (χ0v) is 38.9. The highest BCUT2D eigenvalue weighted by Gasteiger charge is 2.75. The second-order valence-electron chi connectivity index (χ2n) is 21.1. The molecule has 4 aromatic rings. The Hall–Kier alpha value is -5.26. The van der Waals surface area contributed by atoms with Crippen molar-refractivity contribution >= 4 is 11.4 Å². The van der Waals surface area contributed by atoms with Crippen molar-refractivity contribution < 1.29 is 37.8 Å². The molecule has 10 nitrogen and oxygen atoms in total. The highest BCUT2D eigenvalue weighted by atomic mass is 16.5. The van der Waals surface area contributed by atoms with E-state index >= 15 is 0 Å². The van der Waals surface area contributed by atoms with Crippen molar-refractivity contribution in [3.8, 4) is 23.0 Å². The molecule has 0 aromatic heterocycles. The van der Waals surface area contributed by atoms with Crippen molar-refractivity contribution in [2.45, 2.75) is 74.6 Å². The van der Waals surface area contributed by atoms with E-state index in [0.717, 1.165) is 96.9 Å². The van der Waals surface area contributed by atoms with Gasteiger partial charge in [-0.3, -0.25) is 0 Å². The van der Waals surface area contributed by atoms with E-state index in [-0.39, 0.29) is 42.2 Å². The molecule has 1 spiro atoms. The molecule has 13 rings (SSSR count). The van der Waals surface area contributed by atoms with Crippen LogP contribution in [-0.2, 0) is 23.2 Å². The second-order valence-corrected chi connectivity index (χ2v) is 21.1. The molecule has 10 heteroatoms. The van der Waals surface area contributed by atoms with Gasteiger partial charge in [0.15, 0.2) is 23.0 Å². The predicted octanol–water partition coefficient (Wildman–Crippen LogP) is 8.00. The van der Waals surface area contributed by atoms with Crippen LogP contribution in [0.15, 0.2) is 126 Å². The summed E-state index contributed by atoms with van der Waals surface area (Å²) in [5, 5.41) is 10.9. The number of rotatable bonds is 10. The Morgan fingerprint density at radius 1 is 0.788 bits per heavy atom. The van der Waals surface area contributed by atoms with Crippen LogP contribution >= 0.6 is 0 Å². The van der Waals surface area contributed by atoms with Gasteiger partial charge in [-0.1, -0.05) is 48.6 Å². The highest BCUT2D eigenvalue weighted by Crippen LogP contribution is 2.68. The summed E-state index contributed by atoms with van der Waals surface area (Å²) in [5.74, 6) is 4.42. The summed E-state index contributed by atoms with van der Waals surface area (Å²) in [6, 6.07) is 35.2. The van der Waals surface area contributed by atoms with Crippen molar-refractivity contribution in [1.82, 2.24) is 0 Å². The Labute approximate surface area is 389 Å². The molecule has 12 unspecified atom stereocenters. The van der Waals surface area contributed by atoms with Crippen LogP contribution in [0.1, 0.15) is 42.4 Å². The van der Waals surface area contributed by atoms with Gasteiger partial charge >= 0.3 is 0 Å². The number of anilines is 2. The normalized spacial score (nSPS) is 36.6. The third-order valence-corrected chi connectivity index (χ3v) is 18.8. The SMILES string of the molecule is COc1ccc(C[N+]23CCC4C5C(=CN6c7ccccc7C78CC[N+]9(Cc%10ccc(OC)c(OC)c%10)CC%10=CCOC(C(C%10CC79)C68)N5c5ccccc5)C(CC42)C(=CCO)C3)cc1OC. The minimum absolute atomic E-state index is 0.0423. The monoisotopic (exact) mass is 888 g/mol. The number of hydrogen-bond acceptors (Lipinski definition) is 8. The van der Waals surface area contributed by atoms with E-state index in [0.29, 0.717) is 30.5 Å². The Morgan fingerprint density at radius 3 is 2.23 bits per heavy atom. The summed E-state index contributed by atoms with van der Waals surface area (Å²) in [4.78, 5) is 5.69. The first kappa shape index (κ1) is 41.0. The molecule has 9 aliphatic rings. The van der Waals surface area contributed by atoms with Crippen molar-refractivity contribution in [3.05, 3.63) is 143 Å².